The number of benzene rings is 2. The van der Waals surface area contributed by atoms with Crippen LogP contribution in [0.3, 0.4) is 0 Å². The number of hydrogen-bond donors (Lipinski definition) is 0. The van der Waals surface area contributed by atoms with Crippen molar-refractivity contribution in [2.24, 2.45) is 0 Å². The lowest BCUT2D eigenvalue weighted by molar-refractivity contribution is -0.125. The van der Waals surface area contributed by atoms with E-state index in [1.54, 1.807) is 37.3 Å². The molecule has 0 unspecified atom stereocenters. The summed E-state index contributed by atoms with van der Waals surface area (Å²) in [5, 5.41) is 0. The minimum Gasteiger partial charge on any atom is -0.497 e. The van der Waals surface area contributed by atoms with Gasteiger partial charge in [-0.1, -0.05) is 12.1 Å². The van der Waals surface area contributed by atoms with Crippen LogP contribution in [0.2, 0.25) is 0 Å². The molecular weight excluding hydrogens is 309 g/mol. The predicted molar refractivity (Wildman–Crippen MR) is 91.6 cm³/mol. The van der Waals surface area contributed by atoms with Gasteiger partial charge in [0.25, 0.3) is 0 Å². The number of halogens is 1. The molecule has 0 radical (unpaired) electrons. The molecule has 0 saturated carbocycles. The van der Waals surface area contributed by atoms with Crippen LogP contribution in [-0.4, -0.2) is 38.1 Å². The number of carbonyl (C=O) groups excluding carboxylic acids is 1. The molecule has 2 aromatic carbocycles. The zero-order valence-electron chi connectivity index (χ0n) is 13.7. The molecule has 0 aromatic heterocycles. The molecule has 0 atom stereocenters. The van der Waals surface area contributed by atoms with Crippen LogP contribution in [0.15, 0.2) is 54.6 Å². The Hall–Kier alpha value is -2.82. The summed E-state index contributed by atoms with van der Waals surface area (Å²) in [6, 6.07) is 13.2. The highest BCUT2D eigenvalue weighted by atomic mass is 19.1. The van der Waals surface area contributed by atoms with Crippen LogP contribution in [0.5, 0.6) is 11.5 Å². The third-order valence-electron chi connectivity index (χ3n) is 3.40. The van der Waals surface area contributed by atoms with Crippen molar-refractivity contribution in [3.05, 3.63) is 66.0 Å². The first-order valence-corrected chi connectivity index (χ1v) is 7.54. The van der Waals surface area contributed by atoms with E-state index in [0.717, 1.165) is 11.3 Å². The lowest BCUT2D eigenvalue weighted by atomic mass is 10.2. The molecule has 2 rings (SSSR count). The number of hydrogen-bond acceptors (Lipinski definition) is 3. The average Bonchev–Trinajstić information content (AvgIpc) is 2.61. The highest BCUT2D eigenvalue weighted by Crippen LogP contribution is 2.14. The zero-order chi connectivity index (χ0) is 17.4. The number of nitrogens with zero attached hydrogens (tertiary/aromatic N) is 1. The SMILES string of the molecule is COc1cccc(/C=C/C(=O)N(C)CCOc2ccc(F)cc2)c1. The van der Waals surface area contributed by atoms with E-state index in [-0.39, 0.29) is 11.7 Å². The van der Waals surface area contributed by atoms with Crippen LogP contribution >= 0.6 is 0 Å². The smallest absolute Gasteiger partial charge is 0.246 e. The van der Waals surface area contributed by atoms with Crippen molar-refractivity contribution >= 4 is 12.0 Å². The maximum Gasteiger partial charge on any atom is 0.246 e. The van der Waals surface area contributed by atoms with E-state index in [4.69, 9.17) is 9.47 Å². The number of likely N-dealkylation sites (N-methyl/N-ethyl adjacent to an activating group) is 1. The standard InChI is InChI=1S/C19H20FNO3/c1-21(12-13-24-17-9-7-16(20)8-10-17)19(22)11-6-15-4-3-5-18(14-15)23-2/h3-11,14H,12-13H2,1-2H3/b11-6+. The molecule has 0 fully saturated rings. The molecule has 24 heavy (non-hydrogen) atoms. The number of methoxy groups -OCH3 is 1. The van der Waals surface area contributed by atoms with E-state index in [0.29, 0.717) is 18.9 Å². The number of carbonyl (C=O) groups is 1. The first-order chi connectivity index (χ1) is 11.6. The fourth-order valence-electron chi connectivity index (χ4n) is 1.98. The fourth-order valence-corrected chi connectivity index (χ4v) is 1.98. The first kappa shape index (κ1) is 17.5. The fraction of sp³-hybridized carbons (Fsp3) is 0.211. The molecule has 5 heteroatoms. The summed E-state index contributed by atoms with van der Waals surface area (Å²) in [5.74, 6) is 0.882. The Morgan fingerprint density at radius 2 is 1.92 bits per heavy atom. The maximum atomic E-state index is 12.8. The Morgan fingerprint density at radius 3 is 2.62 bits per heavy atom. The van der Waals surface area contributed by atoms with Gasteiger partial charge in [0, 0.05) is 13.1 Å². The summed E-state index contributed by atoms with van der Waals surface area (Å²) in [7, 11) is 3.30. The normalized spacial score (nSPS) is 10.6. The minimum absolute atomic E-state index is 0.125. The lowest BCUT2D eigenvalue weighted by Crippen LogP contribution is -2.29. The Balaban J connectivity index is 1.80. The second-order valence-electron chi connectivity index (χ2n) is 5.17. The number of rotatable bonds is 7. The van der Waals surface area contributed by atoms with E-state index in [1.165, 1.54) is 18.2 Å². The quantitative estimate of drug-likeness (QED) is 0.731. The van der Waals surface area contributed by atoms with Gasteiger partial charge < -0.3 is 14.4 Å². The van der Waals surface area contributed by atoms with Gasteiger partial charge in [0.15, 0.2) is 0 Å². The van der Waals surface area contributed by atoms with Gasteiger partial charge in [0.1, 0.15) is 23.9 Å². The second-order valence-corrected chi connectivity index (χ2v) is 5.17. The molecule has 0 aliphatic rings. The molecule has 1 amide bonds. The molecule has 0 spiro atoms. The van der Waals surface area contributed by atoms with E-state index in [1.807, 2.05) is 24.3 Å². The van der Waals surface area contributed by atoms with Gasteiger partial charge in [-0.05, 0) is 48.0 Å². The van der Waals surface area contributed by atoms with Crippen molar-refractivity contribution in [2.45, 2.75) is 0 Å². The molecule has 126 valence electrons. The maximum absolute atomic E-state index is 12.8. The molecule has 2 aromatic rings. The molecule has 0 heterocycles. The van der Waals surface area contributed by atoms with Gasteiger partial charge in [-0.15, -0.1) is 0 Å². The van der Waals surface area contributed by atoms with E-state index in [2.05, 4.69) is 0 Å². The Labute approximate surface area is 141 Å². The van der Waals surface area contributed by atoms with Crippen molar-refractivity contribution in [1.29, 1.82) is 0 Å². The molecule has 0 bridgehead atoms. The zero-order valence-corrected chi connectivity index (χ0v) is 13.7. The Morgan fingerprint density at radius 1 is 1.17 bits per heavy atom. The molecule has 0 aliphatic carbocycles. The van der Waals surface area contributed by atoms with Gasteiger partial charge >= 0.3 is 0 Å². The highest BCUT2D eigenvalue weighted by Gasteiger charge is 2.05. The summed E-state index contributed by atoms with van der Waals surface area (Å²) < 4.78 is 23.4. The van der Waals surface area contributed by atoms with E-state index in [9.17, 15) is 9.18 Å². The molecule has 0 aliphatic heterocycles. The van der Waals surface area contributed by atoms with Gasteiger partial charge in [-0.25, -0.2) is 4.39 Å². The monoisotopic (exact) mass is 329 g/mol. The van der Waals surface area contributed by atoms with Crippen LogP contribution in [0, 0.1) is 5.82 Å². The van der Waals surface area contributed by atoms with Crippen LogP contribution in [0.1, 0.15) is 5.56 Å². The number of amides is 1. The van der Waals surface area contributed by atoms with Gasteiger partial charge in [-0.3, -0.25) is 4.79 Å². The second kappa shape index (κ2) is 8.72. The van der Waals surface area contributed by atoms with Gasteiger partial charge in [-0.2, -0.15) is 0 Å². The number of ether oxygens (including phenoxy) is 2. The molecular formula is C19H20FNO3. The topological polar surface area (TPSA) is 38.8 Å². The Kier molecular flexibility index (Phi) is 6.37. The molecule has 0 N–H and O–H groups in total. The van der Waals surface area contributed by atoms with E-state index >= 15 is 0 Å². The predicted octanol–water partition coefficient (Wildman–Crippen LogP) is 3.38. The van der Waals surface area contributed by atoms with Gasteiger partial charge in [0.2, 0.25) is 5.91 Å². The lowest BCUT2D eigenvalue weighted by Gasteiger charge is -2.15. The van der Waals surface area contributed by atoms with Crippen LogP contribution in [0.4, 0.5) is 4.39 Å². The minimum atomic E-state index is -0.308. The van der Waals surface area contributed by atoms with Crippen molar-refractivity contribution in [3.8, 4) is 11.5 Å². The van der Waals surface area contributed by atoms with Crippen LogP contribution in [-0.2, 0) is 4.79 Å². The van der Waals surface area contributed by atoms with Crippen molar-refractivity contribution in [3.63, 3.8) is 0 Å². The molecule has 4 nitrogen and oxygen atoms in total. The van der Waals surface area contributed by atoms with Crippen molar-refractivity contribution in [2.75, 3.05) is 27.3 Å². The summed E-state index contributed by atoms with van der Waals surface area (Å²) in [6.45, 7) is 0.763. The third-order valence-corrected chi connectivity index (χ3v) is 3.40. The van der Waals surface area contributed by atoms with Crippen LogP contribution in [0.25, 0.3) is 6.08 Å². The largest absolute Gasteiger partial charge is 0.497 e. The summed E-state index contributed by atoms with van der Waals surface area (Å²) in [5.41, 5.74) is 0.888. The Bertz CT molecular complexity index is 698. The first-order valence-electron chi connectivity index (χ1n) is 7.54. The van der Waals surface area contributed by atoms with Crippen molar-refractivity contribution < 1.29 is 18.7 Å². The van der Waals surface area contributed by atoms with Crippen LogP contribution < -0.4 is 9.47 Å². The summed E-state index contributed by atoms with van der Waals surface area (Å²) in [6.07, 6.45) is 3.24. The average molecular weight is 329 g/mol. The highest BCUT2D eigenvalue weighted by molar-refractivity contribution is 5.91. The summed E-state index contributed by atoms with van der Waals surface area (Å²) >= 11 is 0. The molecule has 0 saturated heterocycles. The summed E-state index contributed by atoms with van der Waals surface area (Å²) in [4.78, 5) is 13.6. The third kappa shape index (κ3) is 5.43. The van der Waals surface area contributed by atoms with Gasteiger partial charge in [0.05, 0.1) is 13.7 Å². The van der Waals surface area contributed by atoms with Crippen molar-refractivity contribution in [1.82, 2.24) is 4.90 Å². The van der Waals surface area contributed by atoms with E-state index < -0.39 is 0 Å².